The largest absolute Gasteiger partial charge is 0.497 e. The molecule has 1 nitrogen and oxygen atoms in total. The molecule has 1 heteroatoms. The SMILES string of the molecule is CC.COC1=CCC(C)=CC=C1. The summed E-state index contributed by atoms with van der Waals surface area (Å²) in [4.78, 5) is 0. The van der Waals surface area contributed by atoms with Crippen LogP contribution in [-0.4, -0.2) is 7.11 Å². The first-order valence-corrected chi connectivity index (χ1v) is 4.41. The second-order valence-corrected chi connectivity index (χ2v) is 2.39. The molecule has 0 atom stereocenters. The van der Waals surface area contributed by atoms with Crippen LogP contribution < -0.4 is 0 Å². The highest BCUT2D eigenvalue weighted by molar-refractivity contribution is 5.25. The van der Waals surface area contributed by atoms with Crippen LogP contribution in [0.1, 0.15) is 27.2 Å². The highest BCUT2D eigenvalue weighted by atomic mass is 16.5. The van der Waals surface area contributed by atoms with E-state index in [4.69, 9.17) is 4.74 Å². The molecule has 1 aliphatic rings. The third-order valence-corrected chi connectivity index (χ3v) is 1.50. The van der Waals surface area contributed by atoms with E-state index in [-0.39, 0.29) is 0 Å². The smallest absolute Gasteiger partial charge is 0.115 e. The Bertz CT molecular complexity index is 197. The van der Waals surface area contributed by atoms with Gasteiger partial charge in [0.1, 0.15) is 5.76 Å². The van der Waals surface area contributed by atoms with Crippen molar-refractivity contribution in [3.8, 4) is 0 Å². The molecule has 0 unspecified atom stereocenters. The van der Waals surface area contributed by atoms with Gasteiger partial charge in [0, 0.05) is 0 Å². The molecule has 1 rings (SSSR count). The number of allylic oxidation sites excluding steroid dienone is 5. The van der Waals surface area contributed by atoms with Gasteiger partial charge in [0.2, 0.25) is 0 Å². The van der Waals surface area contributed by atoms with Gasteiger partial charge in [-0.15, -0.1) is 0 Å². The van der Waals surface area contributed by atoms with Gasteiger partial charge in [-0.05, 0) is 25.5 Å². The molecule has 12 heavy (non-hydrogen) atoms. The van der Waals surface area contributed by atoms with Crippen molar-refractivity contribution in [2.45, 2.75) is 27.2 Å². The number of hydrogen-bond acceptors (Lipinski definition) is 1. The van der Waals surface area contributed by atoms with Gasteiger partial charge in [-0.2, -0.15) is 0 Å². The van der Waals surface area contributed by atoms with Crippen molar-refractivity contribution < 1.29 is 4.74 Å². The van der Waals surface area contributed by atoms with Crippen molar-refractivity contribution in [1.82, 2.24) is 0 Å². The molecule has 0 bridgehead atoms. The summed E-state index contributed by atoms with van der Waals surface area (Å²) < 4.78 is 5.06. The van der Waals surface area contributed by atoms with E-state index >= 15 is 0 Å². The van der Waals surface area contributed by atoms with Gasteiger partial charge in [-0.1, -0.05) is 31.6 Å². The Hall–Kier alpha value is -0.980. The third-order valence-electron chi connectivity index (χ3n) is 1.50. The van der Waals surface area contributed by atoms with Gasteiger partial charge in [0.15, 0.2) is 0 Å². The van der Waals surface area contributed by atoms with E-state index in [0.29, 0.717) is 0 Å². The molecule has 0 saturated heterocycles. The van der Waals surface area contributed by atoms with Crippen molar-refractivity contribution in [3.05, 3.63) is 35.6 Å². The van der Waals surface area contributed by atoms with Gasteiger partial charge < -0.3 is 4.74 Å². The van der Waals surface area contributed by atoms with Crippen LogP contribution in [0.5, 0.6) is 0 Å². The second kappa shape index (κ2) is 6.71. The molecule has 0 saturated carbocycles. The summed E-state index contributed by atoms with van der Waals surface area (Å²) in [5.74, 6) is 0.952. The number of methoxy groups -OCH3 is 1. The zero-order valence-electron chi connectivity index (χ0n) is 8.42. The molecule has 1 aliphatic carbocycles. The molecule has 0 radical (unpaired) electrons. The van der Waals surface area contributed by atoms with E-state index in [0.717, 1.165) is 12.2 Å². The standard InChI is InChI=1S/C9H12O.C2H6/c1-8-4-3-5-9(10-2)7-6-8;1-2/h3-5,7H,6H2,1-2H3;1-2H3. The summed E-state index contributed by atoms with van der Waals surface area (Å²) >= 11 is 0. The van der Waals surface area contributed by atoms with Gasteiger partial charge in [0.05, 0.1) is 7.11 Å². The van der Waals surface area contributed by atoms with Crippen molar-refractivity contribution in [3.63, 3.8) is 0 Å². The molecule has 0 fully saturated rings. The first-order chi connectivity index (χ1) is 5.83. The first kappa shape index (κ1) is 11.0. The lowest BCUT2D eigenvalue weighted by molar-refractivity contribution is 0.305. The maximum atomic E-state index is 5.06. The predicted octanol–water partition coefficient (Wildman–Crippen LogP) is 3.45. The molecule has 0 spiro atoms. The molecular formula is C11H18O. The van der Waals surface area contributed by atoms with E-state index in [1.54, 1.807) is 7.11 Å². The Morgan fingerprint density at radius 2 is 2.00 bits per heavy atom. The van der Waals surface area contributed by atoms with Crippen molar-refractivity contribution in [2.24, 2.45) is 0 Å². The van der Waals surface area contributed by atoms with Gasteiger partial charge in [0.25, 0.3) is 0 Å². The maximum Gasteiger partial charge on any atom is 0.115 e. The van der Waals surface area contributed by atoms with Crippen LogP contribution in [0.25, 0.3) is 0 Å². The lowest BCUT2D eigenvalue weighted by atomic mass is 10.2. The van der Waals surface area contributed by atoms with Crippen LogP contribution in [0.4, 0.5) is 0 Å². The fourth-order valence-corrected chi connectivity index (χ4v) is 0.856. The maximum absolute atomic E-state index is 5.06. The number of rotatable bonds is 1. The normalized spacial score (nSPS) is 15.0. The van der Waals surface area contributed by atoms with Crippen LogP contribution in [0.15, 0.2) is 35.6 Å². The van der Waals surface area contributed by atoms with E-state index in [9.17, 15) is 0 Å². The number of ether oxygens (including phenoxy) is 1. The molecule has 0 aliphatic heterocycles. The minimum Gasteiger partial charge on any atom is -0.497 e. The monoisotopic (exact) mass is 166 g/mol. The Labute approximate surface area is 75.4 Å². The summed E-state index contributed by atoms with van der Waals surface area (Å²) in [5.41, 5.74) is 1.36. The van der Waals surface area contributed by atoms with Crippen LogP contribution in [0, 0.1) is 0 Å². The van der Waals surface area contributed by atoms with Gasteiger partial charge >= 0.3 is 0 Å². The van der Waals surface area contributed by atoms with E-state index < -0.39 is 0 Å². The van der Waals surface area contributed by atoms with Crippen LogP contribution >= 0.6 is 0 Å². The Balaban J connectivity index is 0.000000561. The van der Waals surface area contributed by atoms with Crippen LogP contribution in [0.2, 0.25) is 0 Å². The predicted molar refractivity (Wildman–Crippen MR) is 54.0 cm³/mol. The molecular weight excluding hydrogens is 148 g/mol. The summed E-state index contributed by atoms with van der Waals surface area (Å²) in [7, 11) is 1.69. The average Bonchev–Trinajstić information content (AvgIpc) is 2.33. The second-order valence-electron chi connectivity index (χ2n) is 2.39. The average molecular weight is 166 g/mol. The minimum absolute atomic E-state index is 0.952. The zero-order chi connectivity index (χ0) is 9.40. The van der Waals surface area contributed by atoms with Crippen molar-refractivity contribution in [1.29, 1.82) is 0 Å². The minimum atomic E-state index is 0.952. The van der Waals surface area contributed by atoms with Gasteiger partial charge in [-0.3, -0.25) is 0 Å². The summed E-state index contributed by atoms with van der Waals surface area (Å²) in [6, 6.07) is 0. The zero-order valence-corrected chi connectivity index (χ0v) is 8.42. The highest BCUT2D eigenvalue weighted by Crippen LogP contribution is 2.10. The Morgan fingerprint density at radius 3 is 2.58 bits per heavy atom. The molecule has 0 aromatic carbocycles. The quantitative estimate of drug-likeness (QED) is 0.579. The summed E-state index contributed by atoms with van der Waals surface area (Å²) in [6.45, 7) is 6.11. The lowest BCUT2D eigenvalue weighted by Gasteiger charge is -1.96. The van der Waals surface area contributed by atoms with Crippen molar-refractivity contribution >= 4 is 0 Å². The molecule has 0 amide bonds. The fourth-order valence-electron chi connectivity index (χ4n) is 0.856. The number of hydrogen-bond donors (Lipinski definition) is 0. The summed E-state index contributed by atoms with van der Waals surface area (Å²) in [6.07, 6.45) is 9.15. The molecule has 0 N–H and O–H groups in total. The lowest BCUT2D eigenvalue weighted by Crippen LogP contribution is -1.79. The Kier molecular flexibility index (Phi) is 6.16. The van der Waals surface area contributed by atoms with Gasteiger partial charge in [-0.25, -0.2) is 0 Å². The van der Waals surface area contributed by atoms with Crippen LogP contribution in [0.3, 0.4) is 0 Å². The Morgan fingerprint density at radius 1 is 1.33 bits per heavy atom. The van der Waals surface area contributed by atoms with E-state index in [2.05, 4.69) is 19.1 Å². The first-order valence-electron chi connectivity index (χ1n) is 4.41. The topological polar surface area (TPSA) is 9.23 Å². The molecule has 0 aromatic rings. The molecule has 0 heterocycles. The third kappa shape index (κ3) is 4.02. The van der Waals surface area contributed by atoms with E-state index in [1.165, 1.54) is 5.57 Å². The molecule has 0 aromatic heterocycles. The summed E-state index contributed by atoms with van der Waals surface area (Å²) in [5, 5.41) is 0. The fraction of sp³-hybridized carbons (Fsp3) is 0.455. The van der Waals surface area contributed by atoms with E-state index in [1.807, 2.05) is 26.0 Å². The molecule has 68 valence electrons. The highest BCUT2D eigenvalue weighted by Gasteiger charge is 1.93. The van der Waals surface area contributed by atoms with Crippen LogP contribution in [-0.2, 0) is 4.74 Å². The van der Waals surface area contributed by atoms with Crippen molar-refractivity contribution in [2.75, 3.05) is 7.11 Å².